The quantitative estimate of drug-likeness (QED) is 0.890. The van der Waals surface area contributed by atoms with Gasteiger partial charge in [-0.25, -0.2) is 0 Å². The lowest BCUT2D eigenvalue weighted by Crippen LogP contribution is -3.14. The van der Waals surface area contributed by atoms with Gasteiger partial charge >= 0.3 is 0 Å². The number of ether oxygens (including phenoxy) is 2. The number of aryl methyl sites for hydroxylation is 2. The monoisotopic (exact) mass is 270 g/mol. The van der Waals surface area contributed by atoms with Crippen LogP contribution in [0.1, 0.15) is 11.1 Å². The zero-order valence-corrected chi connectivity index (χ0v) is 11.8. The van der Waals surface area contributed by atoms with E-state index in [1.807, 2.05) is 19.9 Å². The molecule has 1 heterocycles. The third-order valence-corrected chi connectivity index (χ3v) is 3.86. The topological polar surface area (TPSA) is 22.9 Å². The first-order valence-electron chi connectivity index (χ1n) is 6.48. The fraction of sp³-hybridized carbons (Fsp3) is 0.571. The average molecular weight is 271 g/mol. The van der Waals surface area contributed by atoms with Gasteiger partial charge in [0.25, 0.3) is 0 Å². The maximum absolute atomic E-state index is 6.27. The van der Waals surface area contributed by atoms with Crippen LogP contribution in [0.3, 0.4) is 0 Å². The molecule has 0 unspecified atom stereocenters. The standard InChI is InChI=1S/C14H20ClNO2/c1-11-3-4-12(2)14(13(11)15)18-10-7-16-5-8-17-9-6-16/h3-4H,5-10H2,1-2H3/p+1. The van der Waals surface area contributed by atoms with Crippen molar-refractivity contribution in [2.24, 2.45) is 0 Å². The van der Waals surface area contributed by atoms with Gasteiger partial charge in [0.2, 0.25) is 0 Å². The van der Waals surface area contributed by atoms with Crippen molar-refractivity contribution in [1.82, 2.24) is 0 Å². The molecule has 0 spiro atoms. The lowest BCUT2D eigenvalue weighted by Gasteiger charge is -2.24. The van der Waals surface area contributed by atoms with E-state index in [-0.39, 0.29) is 0 Å². The Hall–Kier alpha value is -0.770. The Labute approximate surface area is 114 Å². The highest BCUT2D eigenvalue weighted by Crippen LogP contribution is 2.31. The lowest BCUT2D eigenvalue weighted by atomic mass is 10.1. The molecule has 1 aliphatic heterocycles. The third kappa shape index (κ3) is 3.37. The predicted octanol–water partition coefficient (Wildman–Crippen LogP) is 1.25. The second kappa shape index (κ2) is 6.41. The zero-order chi connectivity index (χ0) is 13.0. The van der Waals surface area contributed by atoms with Crippen molar-refractivity contribution in [2.75, 3.05) is 39.5 Å². The van der Waals surface area contributed by atoms with Crippen molar-refractivity contribution in [1.29, 1.82) is 0 Å². The minimum absolute atomic E-state index is 0.708. The summed E-state index contributed by atoms with van der Waals surface area (Å²) in [6.07, 6.45) is 0. The van der Waals surface area contributed by atoms with E-state index in [2.05, 4.69) is 6.07 Å². The van der Waals surface area contributed by atoms with Gasteiger partial charge in [-0.05, 0) is 25.0 Å². The van der Waals surface area contributed by atoms with Gasteiger partial charge in [0, 0.05) is 0 Å². The van der Waals surface area contributed by atoms with Crippen molar-refractivity contribution >= 4 is 11.6 Å². The number of hydrogen-bond donors (Lipinski definition) is 1. The molecule has 3 nitrogen and oxygen atoms in total. The maximum Gasteiger partial charge on any atom is 0.141 e. The van der Waals surface area contributed by atoms with Gasteiger partial charge in [-0.2, -0.15) is 0 Å². The summed E-state index contributed by atoms with van der Waals surface area (Å²) >= 11 is 6.27. The summed E-state index contributed by atoms with van der Waals surface area (Å²) in [5.41, 5.74) is 2.17. The minimum Gasteiger partial charge on any atom is -0.486 e. The van der Waals surface area contributed by atoms with E-state index in [9.17, 15) is 0 Å². The Morgan fingerprint density at radius 3 is 2.61 bits per heavy atom. The number of rotatable bonds is 4. The fourth-order valence-corrected chi connectivity index (χ4v) is 2.40. The summed E-state index contributed by atoms with van der Waals surface area (Å²) in [7, 11) is 0. The van der Waals surface area contributed by atoms with Crippen LogP contribution in [0.2, 0.25) is 5.02 Å². The van der Waals surface area contributed by atoms with E-state index in [0.29, 0.717) is 6.61 Å². The van der Waals surface area contributed by atoms with E-state index >= 15 is 0 Å². The molecule has 100 valence electrons. The van der Waals surface area contributed by atoms with Crippen LogP contribution in [0, 0.1) is 13.8 Å². The van der Waals surface area contributed by atoms with Crippen molar-refractivity contribution in [2.45, 2.75) is 13.8 Å². The van der Waals surface area contributed by atoms with Gasteiger partial charge in [-0.3, -0.25) is 0 Å². The largest absolute Gasteiger partial charge is 0.486 e. The first-order chi connectivity index (χ1) is 8.68. The van der Waals surface area contributed by atoms with Gasteiger partial charge in [0.15, 0.2) is 0 Å². The number of morpholine rings is 1. The van der Waals surface area contributed by atoms with Crippen LogP contribution in [0.4, 0.5) is 0 Å². The van der Waals surface area contributed by atoms with Gasteiger partial charge in [0.1, 0.15) is 32.0 Å². The van der Waals surface area contributed by atoms with Crippen LogP contribution in [0.15, 0.2) is 12.1 Å². The molecule has 1 saturated heterocycles. The van der Waals surface area contributed by atoms with Crippen LogP contribution in [0.5, 0.6) is 5.75 Å². The second-order valence-electron chi connectivity index (χ2n) is 4.80. The molecular formula is C14H21ClNO2+. The molecule has 1 N–H and O–H groups in total. The van der Waals surface area contributed by atoms with Crippen molar-refractivity contribution in [3.63, 3.8) is 0 Å². The molecule has 1 aromatic carbocycles. The summed E-state index contributed by atoms with van der Waals surface area (Å²) in [4.78, 5) is 1.54. The highest BCUT2D eigenvalue weighted by Gasteiger charge is 2.14. The normalized spacial score (nSPS) is 16.8. The van der Waals surface area contributed by atoms with E-state index in [1.54, 1.807) is 4.90 Å². The zero-order valence-electron chi connectivity index (χ0n) is 11.1. The van der Waals surface area contributed by atoms with E-state index < -0.39 is 0 Å². The number of nitrogens with one attached hydrogen (secondary N) is 1. The summed E-state index contributed by atoms with van der Waals surface area (Å²) in [5, 5.41) is 0.743. The summed E-state index contributed by atoms with van der Waals surface area (Å²) in [6.45, 7) is 9.61. The molecule has 0 aromatic heterocycles. The molecule has 2 rings (SSSR count). The highest BCUT2D eigenvalue weighted by molar-refractivity contribution is 6.32. The molecule has 0 radical (unpaired) electrons. The smallest absolute Gasteiger partial charge is 0.141 e. The Morgan fingerprint density at radius 2 is 1.89 bits per heavy atom. The van der Waals surface area contributed by atoms with Crippen molar-refractivity contribution in [3.05, 3.63) is 28.3 Å². The van der Waals surface area contributed by atoms with E-state index in [0.717, 1.165) is 54.7 Å². The molecule has 1 fully saturated rings. The summed E-state index contributed by atoms with van der Waals surface area (Å²) in [6, 6.07) is 4.08. The summed E-state index contributed by atoms with van der Waals surface area (Å²) in [5.74, 6) is 0.837. The first-order valence-corrected chi connectivity index (χ1v) is 6.86. The first kappa shape index (κ1) is 13.7. The van der Waals surface area contributed by atoms with Crippen LogP contribution in [0.25, 0.3) is 0 Å². The van der Waals surface area contributed by atoms with Crippen LogP contribution < -0.4 is 9.64 Å². The molecule has 1 aliphatic rings. The molecule has 0 saturated carbocycles. The Bertz CT molecular complexity index is 403. The van der Waals surface area contributed by atoms with Crippen LogP contribution >= 0.6 is 11.6 Å². The molecule has 0 amide bonds. The van der Waals surface area contributed by atoms with Crippen LogP contribution in [-0.2, 0) is 4.74 Å². The number of hydrogen-bond acceptors (Lipinski definition) is 2. The van der Waals surface area contributed by atoms with Gasteiger partial charge in [-0.15, -0.1) is 0 Å². The van der Waals surface area contributed by atoms with Crippen molar-refractivity contribution in [3.8, 4) is 5.75 Å². The third-order valence-electron chi connectivity index (χ3n) is 3.39. The predicted molar refractivity (Wildman–Crippen MR) is 72.8 cm³/mol. The fourth-order valence-electron chi connectivity index (χ4n) is 2.14. The lowest BCUT2D eigenvalue weighted by molar-refractivity contribution is -0.908. The Kier molecular flexibility index (Phi) is 4.87. The molecular weight excluding hydrogens is 250 g/mol. The van der Waals surface area contributed by atoms with Gasteiger partial charge in [0.05, 0.1) is 18.2 Å². The van der Waals surface area contributed by atoms with Crippen LogP contribution in [-0.4, -0.2) is 39.5 Å². The molecule has 4 heteroatoms. The molecule has 0 atom stereocenters. The Morgan fingerprint density at radius 1 is 1.22 bits per heavy atom. The van der Waals surface area contributed by atoms with Gasteiger partial charge in [-0.1, -0.05) is 23.7 Å². The Balaban J connectivity index is 1.88. The van der Waals surface area contributed by atoms with Gasteiger partial charge < -0.3 is 14.4 Å². The highest BCUT2D eigenvalue weighted by atomic mass is 35.5. The average Bonchev–Trinajstić information content (AvgIpc) is 2.39. The molecule has 1 aromatic rings. The van der Waals surface area contributed by atoms with E-state index in [1.165, 1.54) is 0 Å². The van der Waals surface area contributed by atoms with E-state index in [4.69, 9.17) is 21.1 Å². The number of halogens is 1. The number of benzene rings is 1. The SMILES string of the molecule is Cc1ccc(C)c(OCC[NH+]2CCOCC2)c1Cl. The summed E-state index contributed by atoms with van der Waals surface area (Å²) < 4.78 is 11.2. The minimum atomic E-state index is 0.708. The maximum atomic E-state index is 6.27. The van der Waals surface area contributed by atoms with Crippen molar-refractivity contribution < 1.29 is 14.4 Å². The molecule has 0 bridgehead atoms. The second-order valence-corrected chi connectivity index (χ2v) is 5.18. The molecule has 0 aliphatic carbocycles. The molecule has 18 heavy (non-hydrogen) atoms. The number of quaternary nitrogens is 1.